The van der Waals surface area contributed by atoms with Crippen molar-refractivity contribution in [3.8, 4) is 5.75 Å². The molecule has 0 unspecified atom stereocenters. The maximum Gasteiger partial charge on any atom is 0.373 e. The van der Waals surface area contributed by atoms with Crippen molar-refractivity contribution in [3.05, 3.63) is 63.2 Å². The Balaban J connectivity index is 1.88. The van der Waals surface area contributed by atoms with Crippen LogP contribution in [0.1, 0.15) is 21.9 Å². The first kappa shape index (κ1) is 22.0. The van der Waals surface area contributed by atoms with Gasteiger partial charge in [-0.3, -0.25) is 19.8 Å². The molecule has 3 rings (SSSR count). The smallest absolute Gasteiger partial charge is 0.373 e. The van der Waals surface area contributed by atoms with E-state index in [0.717, 1.165) is 17.0 Å². The molecule has 0 atom stereocenters. The Morgan fingerprint density at radius 3 is 2.69 bits per heavy atom. The number of furan rings is 1. The van der Waals surface area contributed by atoms with Crippen molar-refractivity contribution in [3.63, 3.8) is 0 Å². The molecule has 2 heterocycles. The minimum atomic E-state index is -1.36. The van der Waals surface area contributed by atoms with E-state index in [1.165, 1.54) is 31.4 Å². The first-order valence-electron chi connectivity index (χ1n) is 8.84. The van der Waals surface area contributed by atoms with E-state index in [0.29, 0.717) is 0 Å². The van der Waals surface area contributed by atoms with Crippen molar-refractivity contribution in [2.75, 3.05) is 13.7 Å². The zero-order valence-electron chi connectivity index (χ0n) is 16.4. The van der Waals surface area contributed by atoms with Crippen LogP contribution in [0, 0.1) is 10.1 Å². The molecule has 13 nitrogen and oxygen atoms in total. The SMILES string of the molecule is COC(=O)c1ccc(CN2C(=O)N/C(=C\c3cccc([N+](=O)[O-])c3OCC(=O)O)C2=O)o1. The number of rotatable bonds is 8. The molecule has 1 aliphatic heterocycles. The van der Waals surface area contributed by atoms with Gasteiger partial charge in [0.25, 0.3) is 5.91 Å². The molecule has 3 amide bonds. The number of aliphatic carboxylic acids is 1. The van der Waals surface area contributed by atoms with Gasteiger partial charge in [-0.25, -0.2) is 14.4 Å². The molecule has 2 N–H and O–H groups in total. The fourth-order valence-electron chi connectivity index (χ4n) is 2.79. The lowest BCUT2D eigenvalue weighted by atomic mass is 10.1. The van der Waals surface area contributed by atoms with E-state index in [1.54, 1.807) is 0 Å². The third kappa shape index (κ3) is 4.56. The predicted molar refractivity (Wildman–Crippen MR) is 103 cm³/mol. The van der Waals surface area contributed by atoms with Crippen molar-refractivity contribution < 1.29 is 43.1 Å². The number of methoxy groups -OCH3 is 1. The Bertz CT molecular complexity index is 1150. The third-order valence-electron chi connectivity index (χ3n) is 4.19. The molecule has 1 aromatic carbocycles. The number of para-hydroxylation sites is 1. The highest BCUT2D eigenvalue weighted by Gasteiger charge is 2.35. The number of hydrogen-bond donors (Lipinski definition) is 2. The molecule has 0 spiro atoms. The average molecular weight is 445 g/mol. The van der Waals surface area contributed by atoms with E-state index in [2.05, 4.69) is 10.1 Å². The maximum atomic E-state index is 12.7. The Labute approximate surface area is 179 Å². The number of carbonyl (C=O) groups excluding carboxylic acids is 3. The molecule has 1 aliphatic rings. The molecular weight excluding hydrogens is 430 g/mol. The number of carboxylic acid groups (broad SMARTS) is 1. The van der Waals surface area contributed by atoms with Crippen LogP contribution in [0.4, 0.5) is 10.5 Å². The van der Waals surface area contributed by atoms with E-state index in [9.17, 15) is 29.3 Å². The van der Waals surface area contributed by atoms with E-state index in [-0.39, 0.29) is 35.1 Å². The quantitative estimate of drug-likeness (QED) is 0.199. The van der Waals surface area contributed by atoms with E-state index < -0.39 is 41.1 Å². The number of nitro benzene ring substituents is 1. The maximum absolute atomic E-state index is 12.7. The van der Waals surface area contributed by atoms with Gasteiger partial charge in [-0.15, -0.1) is 0 Å². The zero-order valence-corrected chi connectivity index (χ0v) is 16.4. The first-order chi connectivity index (χ1) is 15.2. The number of esters is 1. The molecule has 1 fully saturated rings. The number of hydrogen-bond acceptors (Lipinski definition) is 9. The number of nitrogens with zero attached hydrogens (tertiary/aromatic N) is 2. The summed E-state index contributed by atoms with van der Waals surface area (Å²) in [5, 5.41) is 22.4. The number of urea groups is 1. The largest absolute Gasteiger partial charge is 0.479 e. The normalized spacial score (nSPS) is 14.4. The minimum Gasteiger partial charge on any atom is -0.479 e. The molecule has 1 saturated heterocycles. The van der Waals surface area contributed by atoms with Gasteiger partial charge in [0, 0.05) is 11.6 Å². The topological polar surface area (TPSA) is 179 Å². The van der Waals surface area contributed by atoms with E-state index >= 15 is 0 Å². The summed E-state index contributed by atoms with van der Waals surface area (Å²) in [5.41, 5.74) is -0.729. The number of amides is 3. The standard InChI is InChI=1S/C19H15N3O10/c1-30-18(26)14-6-5-11(32-14)8-21-17(25)12(20-19(21)27)7-10-3-2-4-13(22(28)29)16(10)31-9-15(23)24/h2-7H,8-9H2,1H3,(H,20,27)(H,23,24)/b12-7-. The second kappa shape index (κ2) is 8.99. The highest BCUT2D eigenvalue weighted by Crippen LogP contribution is 2.33. The lowest BCUT2D eigenvalue weighted by molar-refractivity contribution is -0.385. The monoisotopic (exact) mass is 445 g/mol. The molecule has 2 aromatic rings. The number of imide groups is 1. The van der Waals surface area contributed by atoms with Gasteiger partial charge in [0.2, 0.25) is 11.5 Å². The Hall–Kier alpha value is -4.68. The lowest BCUT2D eigenvalue weighted by Crippen LogP contribution is -2.30. The summed E-state index contributed by atoms with van der Waals surface area (Å²) in [6.45, 7) is -1.15. The van der Waals surface area contributed by atoms with Crippen molar-refractivity contribution in [2.24, 2.45) is 0 Å². The van der Waals surface area contributed by atoms with Gasteiger partial charge in [-0.2, -0.15) is 0 Å². The van der Waals surface area contributed by atoms with Crippen LogP contribution in [0.5, 0.6) is 5.75 Å². The van der Waals surface area contributed by atoms with Gasteiger partial charge in [0.1, 0.15) is 11.5 Å². The summed E-state index contributed by atoms with van der Waals surface area (Å²) < 4.78 is 14.8. The predicted octanol–water partition coefficient (Wildman–Crippen LogP) is 1.53. The van der Waals surface area contributed by atoms with Gasteiger partial charge in [-0.05, 0) is 18.2 Å². The van der Waals surface area contributed by atoms with Crippen molar-refractivity contribution in [1.82, 2.24) is 10.2 Å². The molecule has 0 bridgehead atoms. The van der Waals surface area contributed by atoms with Crippen LogP contribution in [0.15, 0.2) is 40.4 Å². The number of benzene rings is 1. The summed E-state index contributed by atoms with van der Waals surface area (Å²) in [5.74, 6) is -3.21. The molecule has 0 radical (unpaired) electrons. The van der Waals surface area contributed by atoms with Gasteiger partial charge >= 0.3 is 23.7 Å². The summed E-state index contributed by atoms with van der Waals surface area (Å²) in [7, 11) is 1.17. The van der Waals surface area contributed by atoms with E-state index in [1.807, 2.05) is 0 Å². The summed E-state index contributed by atoms with van der Waals surface area (Å²) >= 11 is 0. The minimum absolute atomic E-state index is 0.0110. The molecule has 1 aromatic heterocycles. The number of nitrogens with one attached hydrogen (secondary N) is 1. The second-order valence-corrected chi connectivity index (χ2v) is 6.27. The molecular formula is C19H15N3O10. The summed E-state index contributed by atoms with van der Waals surface area (Å²) in [6.07, 6.45) is 1.13. The van der Waals surface area contributed by atoms with Crippen LogP contribution < -0.4 is 10.1 Å². The zero-order chi connectivity index (χ0) is 23.4. The van der Waals surface area contributed by atoms with Crippen LogP contribution in [0.2, 0.25) is 0 Å². The molecule has 32 heavy (non-hydrogen) atoms. The summed E-state index contributed by atoms with van der Waals surface area (Å²) in [6, 6.07) is 5.70. The molecule has 13 heteroatoms. The van der Waals surface area contributed by atoms with Crippen LogP contribution in [0.3, 0.4) is 0 Å². The molecule has 0 aliphatic carbocycles. The van der Waals surface area contributed by atoms with E-state index in [4.69, 9.17) is 14.3 Å². The fraction of sp³-hybridized carbons (Fsp3) is 0.158. The fourth-order valence-corrected chi connectivity index (χ4v) is 2.79. The average Bonchev–Trinajstić information content (AvgIpc) is 3.32. The first-order valence-corrected chi connectivity index (χ1v) is 8.84. The Morgan fingerprint density at radius 1 is 1.28 bits per heavy atom. The lowest BCUT2D eigenvalue weighted by Gasteiger charge is -2.09. The van der Waals surface area contributed by atoms with Crippen LogP contribution in [0.25, 0.3) is 6.08 Å². The van der Waals surface area contributed by atoms with Crippen molar-refractivity contribution in [2.45, 2.75) is 6.54 Å². The van der Waals surface area contributed by atoms with Crippen LogP contribution in [-0.2, 0) is 20.9 Å². The Morgan fingerprint density at radius 2 is 2.03 bits per heavy atom. The number of nitro groups is 1. The Kier molecular flexibility index (Phi) is 6.19. The van der Waals surface area contributed by atoms with Gasteiger partial charge in [-0.1, -0.05) is 12.1 Å². The third-order valence-corrected chi connectivity index (χ3v) is 4.19. The van der Waals surface area contributed by atoms with Crippen LogP contribution in [-0.4, -0.2) is 52.5 Å². The highest BCUT2D eigenvalue weighted by molar-refractivity contribution is 6.14. The number of ether oxygens (including phenoxy) is 2. The van der Waals surface area contributed by atoms with Gasteiger partial charge in [0.15, 0.2) is 6.61 Å². The van der Waals surface area contributed by atoms with Gasteiger partial charge in [0.05, 0.1) is 18.6 Å². The number of carboxylic acids is 1. The van der Waals surface area contributed by atoms with Crippen LogP contribution >= 0.6 is 0 Å². The number of carbonyl (C=O) groups is 4. The molecule has 0 saturated carbocycles. The summed E-state index contributed by atoms with van der Waals surface area (Å²) in [4.78, 5) is 58.5. The van der Waals surface area contributed by atoms with Crippen molar-refractivity contribution >= 4 is 35.6 Å². The van der Waals surface area contributed by atoms with Crippen molar-refractivity contribution in [1.29, 1.82) is 0 Å². The second-order valence-electron chi connectivity index (χ2n) is 6.27. The highest BCUT2D eigenvalue weighted by atomic mass is 16.6. The van der Waals surface area contributed by atoms with Gasteiger partial charge < -0.3 is 24.3 Å². The molecule has 166 valence electrons.